The number of hydrogen-bond donors (Lipinski definition) is 0. The van der Waals surface area contributed by atoms with E-state index >= 15 is 0 Å². The second-order valence-corrected chi connectivity index (χ2v) is 7.08. The van der Waals surface area contributed by atoms with Crippen molar-refractivity contribution in [2.24, 2.45) is 0 Å². The van der Waals surface area contributed by atoms with Gasteiger partial charge in [-0.25, -0.2) is 0 Å². The largest absolute Gasteiger partial charge is 0.497 e. The maximum Gasteiger partial charge on any atom is 0.232 e. The number of ether oxygens (including phenoxy) is 1. The number of fused-ring (bicyclic) bond motifs is 1. The zero-order chi connectivity index (χ0) is 17.2. The molecule has 0 bridgehead atoms. The van der Waals surface area contributed by atoms with Crippen molar-refractivity contribution in [1.29, 1.82) is 0 Å². The van der Waals surface area contributed by atoms with Gasteiger partial charge in [-0.3, -0.25) is 4.57 Å². The molecule has 0 N–H and O–H groups in total. The van der Waals surface area contributed by atoms with Crippen LogP contribution < -0.4 is 9.64 Å². The Morgan fingerprint density at radius 3 is 2.52 bits per heavy atom. The zero-order valence-electron chi connectivity index (χ0n) is 13.7. The summed E-state index contributed by atoms with van der Waals surface area (Å²) in [4.78, 5) is 2.18. The molecule has 0 saturated heterocycles. The summed E-state index contributed by atoms with van der Waals surface area (Å²) in [5.41, 5.74) is 2.32. The smallest absolute Gasteiger partial charge is 0.232 e. The summed E-state index contributed by atoms with van der Waals surface area (Å²) >= 11 is 7.63. The fourth-order valence-electron chi connectivity index (χ4n) is 2.82. The molecule has 1 aliphatic rings. The van der Waals surface area contributed by atoms with Crippen molar-refractivity contribution >= 4 is 35.0 Å². The van der Waals surface area contributed by atoms with Crippen LogP contribution >= 0.6 is 23.4 Å². The Morgan fingerprint density at radius 2 is 1.80 bits per heavy atom. The van der Waals surface area contributed by atoms with E-state index in [1.807, 2.05) is 48.5 Å². The summed E-state index contributed by atoms with van der Waals surface area (Å²) in [5, 5.41) is 10.5. The number of anilines is 2. The van der Waals surface area contributed by atoms with Gasteiger partial charge in [-0.05, 0) is 42.0 Å². The molecule has 128 valence electrons. The van der Waals surface area contributed by atoms with Crippen LogP contribution in [0.2, 0.25) is 5.02 Å². The van der Waals surface area contributed by atoms with Crippen molar-refractivity contribution < 1.29 is 4.74 Å². The average Bonchev–Trinajstić information content (AvgIpc) is 3.24. The molecule has 4 rings (SSSR count). The number of rotatable bonds is 5. The molecule has 3 aromatic rings. The van der Waals surface area contributed by atoms with Crippen LogP contribution in [0.3, 0.4) is 0 Å². The van der Waals surface area contributed by atoms with Crippen molar-refractivity contribution in [2.75, 3.05) is 18.6 Å². The highest BCUT2D eigenvalue weighted by Crippen LogP contribution is 2.33. The second kappa shape index (κ2) is 6.98. The van der Waals surface area contributed by atoms with Crippen molar-refractivity contribution in [2.45, 2.75) is 17.5 Å². The van der Waals surface area contributed by atoms with E-state index in [0.29, 0.717) is 0 Å². The fraction of sp³-hybridized carbons (Fsp3) is 0.222. The summed E-state index contributed by atoms with van der Waals surface area (Å²) in [6.07, 6.45) is 0. The van der Waals surface area contributed by atoms with Gasteiger partial charge >= 0.3 is 0 Å². The normalized spacial score (nSPS) is 13.1. The molecule has 0 fully saturated rings. The fourth-order valence-corrected chi connectivity index (χ4v) is 3.86. The van der Waals surface area contributed by atoms with E-state index in [-0.39, 0.29) is 0 Å². The van der Waals surface area contributed by atoms with Gasteiger partial charge in [0, 0.05) is 29.6 Å². The number of nitrogens with zero attached hydrogens (tertiary/aromatic N) is 4. The highest BCUT2D eigenvalue weighted by molar-refractivity contribution is 7.98. The molecule has 0 aliphatic carbocycles. The van der Waals surface area contributed by atoms with Crippen LogP contribution in [0.25, 0.3) is 0 Å². The third-order valence-electron chi connectivity index (χ3n) is 4.15. The van der Waals surface area contributed by atoms with E-state index in [1.165, 1.54) is 5.56 Å². The summed E-state index contributed by atoms with van der Waals surface area (Å²) in [7, 11) is 1.67. The zero-order valence-corrected chi connectivity index (χ0v) is 15.3. The Labute approximate surface area is 155 Å². The first-order valence-corrected chi connectivity index (χ1v) is 9.33. The Balaban J connectivity index is 1.49. The molecule has 2 aromatic carbocycles. The Bertz CT molecular complexity index is 864. The van der Waals surface area contributed by atoms with E-state index in [1.54, 1.807) is 18.9 Å². The summed E-state index contributed by atoms with van der Waals surface area (Å²) in [6, 6.07) is 15.9. The lowest BCUT2D eigenvalue weighted by atomic mass is 10.2. The standard InChI is InChI=1S/C18H17ClN4OS/c1-24-16-8-6-15(7-9-16)22-10-11-23-17(22)20-21-18(23)25-12-13-2-4-14(19)5-3-13/h2-9H,10-12H2,1H3. The molecule has 5 nitrogen and oxygen atoms in total. The van der Waals surface area contributed by atoms with Gasteiger partial charge in [0.2, 0.25) is 5.95 Å². The van der Waals surface area contributed by atoms with E-state index in [2.05, 4.69) is 19.7 Å². The van der Waals surface area contributed by atoms with Crippen LogP contribution in [0, 0.1) is 0 Å². The first-order chi connectivity index (χ1) is 12.2. The van der Waals surface area contributed by atoms with Gasteiger partial charge in [0.05, 0.1) is 7.11 Å². The molecule has 0 spiro atoms. The monoisotopic (exact) mass is 372 g/mol. The molecule has 7 heteroatoms. The molecule has 0 saturated carbocycles. The second-order valence-electron chi connectivity index (χ2n) is 5.70. The first-order valence-electron chi connectivity index (χ1n) is 7.96. The van der Waals surface area contributed by atoms with E-state index < -0.39 is 0 Å². The lowest BCUT2D eigenvalue weighted by molar-refractivity contribution is 0.415. The van der Waals surface area contributed by atoms with Gasteiger partial charge in [0.15, 0.2) is 5.16 Å². The van der Waals surface area contributed by atoms with Crippen LogP contribution in [0.15, 0.2) is 53.7 Å². The third kappa shape index (κ3) is 3.32. The van der Waals surface area contributed by atoms with E-state index in [9.17, 15) is 0 Å². The van der Waals surface area contributed by atoms with Crippen molar-refractivity contribution in [1.82, 2.24) is 14.8 Å². The molecule has 25 heavy (non-hydrogen) atoms. The quantitative estimate of drug-likeness (QED) is 0.621. The first kappa shape index (κ1) is 16.3. The minimum Gasteiger partial charge on any atom is -0.497 e. The van der Waals surface area contributed by atoms with Crippen LogP contribution in [0.1, 0.15) is 5.56 Å². The molecular formula is C18H17ClN4OS. The molecule has 1 aliphatic heterocycles. The Hall–Kier alpha value is -2.18. The summed E-state index contributed by atoms with van der Waals surface area (Å²) in [6.45, 7) is 1.78. The van der Waals surface area contributed by atoms with Gasteiger partial charge in [-0.2, -0.15) is 0 Å². The Morgan fingerprint density at radius 1 is 1.04 bits per heavy atom. The minimum atomic E-state index is 0.757. The minimum absolute atomic E-state index is 0.757. The van der Waals surface area contributed by atoms with Gasteiger partial charge in [0.1, 0.15) is 5.75 Å². The molecule has 0 unspecified atom stereocenters. The number of thioether (sulfide) groups is 1. The van der Waals surface area contributed by atoms with E-state index in [4.69, 9.17) is 16.3 Å². The highest BCUT2D eigenvalue weighted by Gasteiger charge is 2.26. The molecule has 0 amide bonds. The van der Waals surface area contributed by atoms with Crippen LogP contribution in [-0.4, -0.2) is 28.4 Å². The molecule has 2 heterocycles. The third-order valence-corrected chi connectivity index (χ3v) is 5.44. The van der Waals surface area contributed by atoms with Crippen molar-refractivity contribution in [3.63, 3.8) is 0 Å². The van der Waals surface area contributed by atoms with Gasteiger partial charge in [-0.15, -0.1) is 10.2 Å². The molecular weight excluding hydrogens is 356 g/mol. The number of hydrogen-bond acceptors (Lipinski definition) is 5. The van der Waals surface area contributed by atoms with Gasteiger partial charge < -0.3 is 9.64 Å². The number of methoxy groups -OCH3 is 1. The van der Waals surface area contributed by atoms with Crippen molar-refractivity contribution in [3.05, 3.63) is 59.1 Å². The number of halogens is 1. The summed E-state index contributed by atoms with van der Waals surface area (Å²) < 4.78 is 7.39. The van der Waals surface area contributed by atoms with Crippen LogP contribution in [0.5, 0.6) is 5.75 Å². The maximum atomic E-state index is 5.93. The van der Waals surface area contributed by atoms with Gasteiger partial charge in [-0.1, -0.05) is 35.5 Å². The maximum absolute atomic E-state index is 5.93. The lowest BCUT2D eigenvalue weighted by Gasteiger charge is -2.15. The number of aromatic nitrogens is 3. The average molecular weight is 373 g/mol. The summed E-state index contributed by atoms with van der Waals surface area (Å²) in [5.74, 6) is 2.59. The predicted molar refractivity (Wildman–Crippen MR) is 101 cm³/mol. The highest BCUT2D eigenvalue weighted by atomic mass is 35.5. The van der Waals surface area contributed by atoms with Gasteiger partial charge in [0.25, 0.3) is 0 Å². The predicted octanol–water partition coefficient (Wildman–Crippen LogP) is 4.38. The number of benzene rings is 2. The molecule has 0 radical (unpaired) electrons. The van der Waals surface area contributed by atoms with Crippen molar-refractivity contribution in [3.8, 4) is 5.75 Å². The van der Waals surface area contributed by atoms with Crippen LogP contribution in [-0.2, 0) is 12.3 Å². The Kier molecular flexibility index (Phi) is 4.55. The molecule has 0 atom stereocenters. The molecule has 1 aromatic heterocycles. The van der Waals surface area contributed by atoms with E-state index in [0.717, 1.165) is 46.4 Å². The van der Waals surface area contributed by atoms with Crippen LogP contribution in [0.4, 0.5) is 11.6 Å². The SMILES string of the molecule is COc1ccc(N2CCn3c(SCc4ccc(Cl)cc4)nnc32)cc1. The topological polar surface area (TPSA) is 43.2 Å². The lowest BCUT2D eigenvalue weighted by Crippen LogP contribution is -2.14.